The van der Waals surface area contributed by atoms with E-state index in [0.717, 1.165) is 47.9 Å². The van der Waals surface area contributed by atoms with Crippen molar-refractivity contribution >= 4 is 11.6 Å². The molecule has 2 aromatic carbocycles. The first-order valence-electron chi connectivity index (χ1n) is 10.5. The monoisotopic (exact) mass is 436 g/mol. The Labute approximate surface area is 186 Å². The Morgan fingerprint density at radius 3 is 2.84 bits per heavy atom. The minimum atomic E-state index is 0.182. The highest BCUT2D eigenvalue weighted by molar-refractivity contribution is 6.30. The molecule has 2 aliphatic heterocycles. The predicted octanol–water partition coefficient (Wildman–Crippen LogP) is 3.77. The summed E-state index contributed by atoms with van der Waals surface area (Å²) in [5.41, 5.74) is 10.9. The van der Waals surface area contributed by atoms with Gasteiger partial charge in [-0.15, -0.1) is 0 Å². The van der Waals surface area contributed by atoms with Crippen molar-refractivity contribution in [1.82, 2.24) is 20.7 Å². The van der Waals surface area contributed by atoms with E-state index < -0.39 is 0 Å². The van der Waals surface area contributed by atoms with Crippen molar-refractivity contribution in [3.05, 3.63) is 77.1 Å². The van der Waals surface area contributed by atoms with Crippen LogP contribution in [0.2, 0.25) is 5.02 Å². The average Bonchev–Trinajstić information content (AvgIpc) is 3.14. The van der Waals surface area contributed by atoms with E-state index in [4.69, 9.17) is 16.3 Å². The first-order valence-corrected chi connectivity index (χ1v) is 10.9. The Morgan fingerprint density at radius 2 is 2.03 bits per heavy atom. The van der Waals surface area contributed by atoms with Crippen molar-refractivity contribution in [3.8, 4) is 22.6 Å². The smallest absolute Gasteiger partial charge is 0.165 e. The molecule has 0 radical (unpaired) electrons. The van der Waals surface area contributed by atoms with E-state index in [1.165, 1.54) is 5.56 Å². The summed E-state index contributed by atoms with van der Waals surface area (Å²) in [6.07, 6.45) is 3.56. The molecule has 1 fully saturated rings. The number of nitrogens with zero attached hydrogens (tertiary/aromatic N) is 2. The first-order chi connectivity index (χ1) is 15.2. The number of aromatic hydroxyl groups is 1. The summed E-state index contributed by atoms with van der Waals surface area (Å²) in [4.78, 5) is 6.61. The van der Waals surface area contributed by atoms with Crippen molar-refractivity contribution in [3.63, 3.8) is 0 Å². The van der Waals surface area contributed by atoms with Crippen LogP contribution in [0.25, 0.3) is 11.1 Å². The molecule has 31 heavy (non-hydrogen) atoms. The zero-order chi connectivity index (χ0) is 21.2. The third kappa shape index (κ3) is 4.38. The van der Waals surface area contributed by atoms with Crippen molar-refractivity contribution < 1.29 is 9.84 Å². The number of hydrazine groups is 1. The lowest BCUT2D eigenvalue weighted by Gasteiger charge is -2.26. The summed E-state index contributed by atoms with van der Waals surface area (Å²) in [5.74, 6) is 1.17. The molecule has 5 rings (SSSR count). The molecule has 2 atom stereocenters. The number of ether oxygens (including phenoxy) is 1. The van der Waals surface area contributed by atoms with Crippen LogP contribution >= 0.6 is 11.6 Å². The molecular weight excluding hydrogens is 412 g/mol. The summed E-state index contributed by atoms with van der Waals surface area (Å²) in [7, 11) is 0. The highest BCUT2D eigenvalue weighted by atomic mass is 35.5. The lowest BCUT2D eigenvalue weighted by Crippen LogP contribution is -2.34. The van der Waals surface area contributed by atoms with Crippen LogP contribution in [0.15, 0.2) is 60.9 Å². The molecule has 2 unspecified atom stereocenters. The number of phenols is 1. The van der Waals surface area contributed by atoms with Crippen LogP contribution in [-0.2, 0) is 6.54 Å². The van der Waals surface area contributed by atoms with Crippen molar-refractivity contribution in [2.24, 2.45) is 5.92 Å². The Balaban J connectivity index is 1.36. The molecular formula is C24H25ClN4O2. The number of phenolic OH excluding ortho intramolecular Hbond substituents is 1. The van der Waals surface area contributed by atoms with Crippen LogP contribution in [0, 0.1) is 5.92 Å². The Bertz CT molecular complexity index is 1050. The number of halogens is 1. The normalized spacial score (nSPS) is 21.3. The number of hydrogen-bond acceptors (Lipinski definition) is 6. The third-order valence-corrected chi connectivity index (χ3v) is 6.26. The molecule has 2 aliphatic rings. The molecule has 160 valence electrons. The summed E-state index contributed by atoms with van der Waals surface area (Å²) >= 11 is 6.06. The highest BCUT2D eigenvalue weighted by Gasteiger charge is 2.31. The molecule has 0 saturated carbocycles. The van der Waals surface area contributed by atoms with E-state index in [-0.39, 0.29) is 11.8 Å². The van der Waals surface area contributed by atoms with Crippen LogP contribution in [0.4, 0.5) is 0 Å². The molecule has 3 heterocycles. The van der Waals surface area contributed by atoms with E-state index in [0.29, 0.717) is 18.3 Å². The molecule has 0 amide bonds. The van der Waals surface area contributed by atoms with Gasteiger partial charge in [0.05, 0.1) is 6.04 Å². The summed E-state index contributed by atoms with van der Waals surface area (Å²) in [6.45, 7) is 3.87. The number of rotatable bonds is 4. The van der Waals surface area contributed by atoms with E-state index in [2.05, 4.69) is 38.9 Å². The van der Waals surface area contributed by atoms with Gasteiger partial charge in [-0.2, -0.15) is 0 Å². The van der Waals surface area contributed by atoms with Crippen LogP contribution in [-0.4, -0.2) is 41.2 Å². The quantitative estimate of drug-likeness (QED) is 0.578. The molecule has 3 aromatic rings. The number of pyridine rings is 1. The van der Waals surface area contributed by atoms with Gasteiger partial charge in [0, 0.05) is 60.6 Å². The maximum absolute atomic E-state index is 10.6. The fraction of sp³-hybridized carbons (Fsp3) is 0.292. The second-order valence-corrected chi connectivity index (χ2v) is 8.56. The predicted molar refractivity (Wildman–Crippen MR) is 121 cm³/mol. The molecule has 7 heteroatoms. The lowest BCUT2D eigenvalue weighted by atomic mass is 9.94. The van der Waals surface area contributed by atoms with Crippen LogP contribution in [0.5, 0.6) is 11.5 Å². The van der Waals surface area contributed by atoms with Gasteiger partial charge in [0.1, 0.15) is 6.61 Å². The second-order valence-electron chi connectivity index (χ2n) is 8.12. The zero-order valence-corrected chi connectivity index (χ0v) is 17.8. The maximum atomic E-state index is 10.6. The van der Waals surface area contributed by atoms with Crippen LogP contribution < -0.4 is 15.6 Å². The topological polar surface area (TPSA) is 69.7 Å². The fourth-order valence-corrected chi connectivity index (χ4v) is 4.60. The van der Waals surface area contributed by atoms with E-state index >= 15 is 0 Å². The van der Waals surface area contributed by atoms with Gasteiger partial charge in [-0.3, -0.25) is 15.3 Å². The minimum Gasteiger partial charge on any atom is -0.504 e. The SMILES string of the molecule is Oc1cc(-c2cccnc2)cc2c1OCCN(CC1CNNC1c1ccc(Cl)cc1)C2. The second kappa shape index (κ2) is 8.85. The number of aromatic nitrogens is 1. The van der Waals surface area contributed by atoms with Crippen molar-refractivity contribution in [1.29, 1.82) is 0 Å². The highest BCUT2D eigenvalue weighted by Crippen LogP contribution is 2.38. The fourth-order valence-electron chi connectivity index (χ4n) is 4.47. The van der Waals surface area contributed by atoms with Crippen LogP contribution in [0.1, 0.15) is 17.2 Å². The number of nitrogens with one attached hydrogen (secondary N) is 2. The average molecular weight is 437 g/mol. The molecule has 1 saturated heterocycles. The number of hydrogen-bond donors (Lipinski definition) is 3. The Hall–Kier alpha value is -2.64. The van der Waals surface area contributed by atoms with Gasteiger partial charge in [-0.25, -0.2) is 5.43 Å². The largest absolute Gasteiger partial charge is 0.504 e. The summed E-state index contributed by atoms with van der Waals surface area (Å²) in [6, 6.07) is 16.0. The van der Waals surface area contributed by atoms with E-state index in [1.807, 2.05) is 30.5 Å². The van der Waals surface area contributed by atoms with Crippen molar-refractivity contribution in [2.75, 3.05) is 26.2 Å². The lowest BCUT2D eigenvalue weighted by molar-refractivity contribution is 0.194. The number of benzene rings is 2. The molecule has 1 aromatic heterocycles. The molecule has 0 bridgehead atoms. The van der Waals surface area contributed by atoms with Gasteiger partial charge in [0.15, 0.2) is 11.5 Å². The summed E-state index contributed by atoms with van der Waals surface area (Å²) in [5, 5.41) is 11.4. The molecule has 3 N–H and O–H groups in total. The standard InChI is InChI=1S/C24H25ClN4O2/c25-21-5-3-16(4-6-21)23-20(13-27-28-23)15-29-8-9-31-24-19(14-29)10-18(11-22(24)30)17-2-1-7-26-12-17/h1-7,10-12,20,23,27-28,30H,8-9,13-15H2. The molecule has 6 nitrogen and oxygen atoms in total. The van der Waals surface area contributed by atoms with E-state index in [9.17, 15) is 5.11 Å². The third-order valence-electron chi connectivity index (χ3n) is 6.00. The van der Waals surface area contributed by atoms with Gasteiger partial charge >= 0.3 is 0 Å². The Kier molecular flexibility index (Phi) is 5.78. The Morgan fingerprint density at radius 1 is 1.16 bits per heavy atom. The van der Waals surface area contributed by atoms with E-state index in [1.54, 1.807) is 12.3 Å². The number of fused-ring (bicyclic) bond motifs is 1. The van der Waals surface area contributed by atoms with Gasteiger partial charge in [-0.05, 0) is 41.5 Å². The van der Waals surface area contributed by atoms with Crippen LogP contribution in [0.3, 0.4) is 0 Å². The van der Waals surface area contributed by atoms with Gasteiger partial charge in [0.25, 0.3) is 0 Å². The van der Waals surface area contributed by atoms with Crippen molar-refractivity contribution in [2.45, 2.75) is 12.6 Å². The molecule has 0 aliphatic carbocycles. The van der Waals surface area contributed by atoms with Gasteiger partial charge in [-0.1, -0.05) is 29.8 Å². The van der Waals surface area contributed by atoms with Gasteiger partial charge < -0.3 is 9.84 Å². The first kappa shape index (κ1) is 20.3. The molecule has 0 spiro atoms. The van der Waals surface area contributed by atoms with Gasteiger partial charge in [0.2, 0.25) is 0 Å². The minimum absolute atomic E-state index is 0.182. The summed E-state index contributed by atoms with van der Waals surface area (Å²) < 4.78 is 5.94. The maximum Gasteiger partial charge on any atom is 0.165 e. The zero-order valence-electron chi connectivity index (χ0n) is 17.1.